The number of benzene rings is 1. The first kappa shape index (κ1) is 16.9. The number of nitrogens with zero attached hydrogens (tertiary/aromatic N) is 2. The third kappa shape index (κ3) is 5.33. The topological polar surface area (TPSA) is 93.2 Å². The summed E-state index contributed by atoms with van der Waals surface area (Å²) >= 11 is 1.28. The molecule has 23 heavy (non-hydrogen) atoms. The lowest BCUT2D eigenvalue weighted by molar-refractivity contribution is -0.143. The van der Waals surface area contributed by atoms with E-state index in [2.05, 4.69) is 20.8 Å². The van der Waals surface area contributed by atoms with Gasteiger partial charge >= 0.3 is 12.0 Å². The summed E-state index contributed by atoms with van der Waals surface area (Å²) in [5.74, 6) is -0.367. The molecule has 2 rings (SSSR count). The van der Waals surface area contributed by atoms with Crippen molar-refractivity contribution in [3.63, 3.8) is 0 Å². The third-order valence-corrected chi connectivity index (χ3v) is 3.68. The number of rotatable bonds is 6. The molecule has 8 heteroatoms. The van der Waals surface area contributed by atoms with E-state index in [1.165, 1.54) is 11.3 Å². The number of esters is 1. The average molecular weight is 334 g/mol. The molecule has 2 aromatic rings. The van der Waals surface area contributed by atoms with Gasteiger partial charge in [-0.05, 0) is 19.4 Å². The van der Waals surface area contributed by atoms with E-state index in [0.717, 1.165) is 10.6 Å². The second-order valence-corrected chi connectivity index (χ2v) is 5.88. The van der Waals surface area contributed by atoms with E-state index >= 15 is 0 Å². The van der Waals surface area contributed by atoms with Gasteiger partial charge in [0.2, 0.25) is 5.13 Å². The summed E-state index contributed by atoms with van der Waals surface area (Å²) in [7, 11) is 0. The summed E-state index contributed by atoms with van der Waals surface area (Å²) in [5, 5.41) is 14.2. The quantitative estimate of drug-likeness (QED) is 0.792. The highest BCUT2D eigenvalue weighted by Gasteiger charge is 2.19. The van der Waals surface area contributed by atoms with E-state index in [1.54, 1.807) is 13.8 Å². The van der Waals surface area contributed by atoms with E-state index in [0.29, 0.717) is 11.7 Å². The fourth-order valence-corrected chi connectivity index (χ4v) is 2.55. The van der Waals surface area contributed by atoms with Gasteiger partial charge in [0.05, 0.1) is 19.1 Å². The molecular formula is C15H18N4O3S. The molecule has 2 amide bonds. The number of carbonyl (C=O) groups is 2. The van der Waals surface area contributed by atoms with Crippen LogP contribution in [0.3, 0.4) is 0 Å². The van der Waals surface area contributed by atoms with Gasteiger partial charge in [-0.3, -0.25) is 10.1 Å². The van der Waals surface area contributed by atoms with Crippen LogP contribution in [-0.2, 0) is 9.53 Å². The highest BCUT2D eigenvalue weighted by Crippen LogP contribution is 2.18. The zero-order valence-corrected chi connectivity index (χ0v) is 13.7. The Hall–Kier alpha value is -2.48. The predicted octanol–water partition coefficient (Wildman–Crippen LogP) is 2.66. The molecule has 2 N–H and O–H groups in total. The molecule has 0 spiro atoms. The maximum Gasteiger partial charge on any atom is 0.321 e. The van der Waals surface area contributed by atoms with Gasteiger partial charge < -0.3 is 10.1 Å². The number of ether oxygens (including phenoxy) is 1. The lowest BCUT2D eigenvalue weighted by Gasteiger charge is -2.18. The van der Waals surface area contributed by atoms with E-state index in [4.69, 9.17) is 4.74 Å². The summed E-state index contributed by atoms with van der Waals surface area (Å²) in [6, 6.07) is 8.33. The van der Waals surface area contributed by atoms with Crippen molar-refractivity contribution in [2.75, 3.05) is 11.9 Å². The van der Waals surface area contributed by atoms with E-state index < -0.39 is 12.1 Å². The smallest absolute Gasteiger partial charge is 0.321 e. The van der Waals surface area contributed by atoms with Crippen LogP contribution >= 0.6 is 11.3 Å². The van der Waals surface area contributed by atoms with Crippen LogP contribution in [0.2, 0.25) is 0 Å². The monoisotopic (exact) mass is 334 g/mol. The Kier molecular flexibility index (Phi) is 6.04. The minimum atomic E-state index is -0.482. The first-order valence-corrected chi connectivity index (χ1v) is 7.98. The minimum absolute atomic E-state index is 0.0560. The van der Waals surface area contributed by atoms with Crippen LogP contribution in [0, 0.1) is 6.92 Å². The summed E-state index contributed by atoms with van der Waals surface area (Å²) in [6.45, 7) is 3.85. The van der Waals surface area contributed by atoms with Crippen LogP contribution in [0.4, 0.5) is 9.93 Å². The Morgan fingerprint density at radius 2 is 2.00 bits per heavy atom. The SMILES string of the molecule is CCOC(=O)CC(NC(=O)Nc1nnc(C)s1)c1ccccc1. The lowest BCUT2D eigenvalue weighted by atomic mass is 10.0. The highest BCUT2D eigenvalue weighted by molar-refractivity contribution is 7.15. The fraction of sp³-hybridized carbons (Fsp3) is 0.333. The number of aryl methyl sites for hydroxylation is 1. The molecule has 0 aliphatic carbocycles. The Bertz CT molecular complexity index is 660. The highest BCUT2D eigenvalue weighted by atomic mass is 32.1. The van der Waals surface area contributed by atoms with Gasteiger partial charge in [0, 0.05) is 0 Å². The second kappa shape index (κ2) is 8.23. The normalized spacial score (nSPS) is 11.6. The molecule has 1 unspecified atom stereocenters. The van der Waals surface area contributed by atoms with Crippen molar-refractivity contribution in [2.24, 2.45) is 0 Å². The Morgan fingerprint density at radius 3 is 2.61 bits per heavy atom. The average Bonchev–Trinajstić information content (AvgIpc) is 2.92. The lowest BCUT2D eigenvalue weighted by Crippen LogP contribution is -2.34. The molecule has 7 nitrogen and oxygen atoms in total. The Labute approximate surface area is 138 Å². The molecule has 0 fully saturated rings. The van der Waals surface area contributed by atoms with Crippen LogP contribution in [0.25, 0.3) is 0 Å². The second-order valence-electron chi connectivity index (χ2n) is 4.70. The Balaban J connectivity index is 2.04. The van der Waals surface area contributed by atoms with Crippen molar-refractivity contribution < 1.29 is 14.3 Å². The molecule has 0 bridgehead atoms. The van der Waals surface area contributed by atoms with Gasteiger partial charge in [-0.25, -0.2) is 4.79 Å². The molecule has 1 aromatic carbocycles. The number of hydrogen-bond acceptors (Lipinski definition) is 6. The zero-order valence-electron chi connectivity index (χ0n) is 12.9. The summed E-state index contributed by atoms with van der Waals surface area (Å²) in [6.07, 6.45) is 0.0560. The van der Waals surface area contributed by atoms with Gasteiger partial charge in [-0.15, -0.1) is 10.2 Å². The number of nitrogens with one attached hydrogen (secondary N) is 2. The van der Waals surface area contributed by atoms with Gasteiger partial charge in [-0.2, -0.15) is 0 Å². The van der Waals surface area contributed by atoms with Crippen molar-refractivity contribution in [3.05, 3.63) is 40.9 Å². The maximum absolute atomic E-state index is 12.1. The number of aromatic nitrogens is 2. The summed E-state index contributed by atoms with van der Waals surface area (Å²) in [5.41, 5.74) is 0.823. The third-order valence-electron chi connectivity index (χ3n) is 2.93. The minimum Gasteiger partial charge on any atom is -0.466 e. The van der Waals surface area contributed by atoms with E-state index in [1.807, 2.05) is 30.3 Å². The molecule has 0 saturated carbocycles. The predicted molar refractivity (Wildman–Crippen MR) is 87.2 cm³/mol. The molecule has 0 aliphatic heterocycles. The van der Waals surface area contributed by atoms with Crippen molar-refractivity contribution in [2.45, 2.75) is 26.3 Å². The molecule has 0 radical (unpaired) electrons. The van der Waals surface area contributed by atoms with Crippen LogP contribution in [0.1, 0.15) is 30.0 Å². The zero-order chi connectivity index (χ0) is 16.7. The fourth-order valence-electron chi connectivity index (χ4n) is 1.96. The summed E-state index contributed by atoms with van der Waals surface area (Å²) in [4.78, 5) is 23.9. The van der Waals surface area contributed by atoms with Gasteiger partial charge in [0.15, 0.2) is 0 Å². The van der Waals surface area contributed by atoms with E-state index in [-0.39, 0.29) is 12.4 Å². The number of hydrogen-bond donors (Lipinski definition) is 2. The molecular weight excluding hydrogens is 316 g/mol. The maximum atomic E-state index is 12.1. The van der Waals surface area contributed by atoms with Crippen LogP contribution in [-0.4, -0.2) is 28.8 Å². The van der Waals surface area contributed by atoms with Crippen LogP contribution in [0.5, 0.6) is 0 Å². The van der Waals surface area contributed by atoms with Crippen LogP contribution < -0.4 is 10.6 Å². The number of amides is 2. The summed E-state index contributed by atoms with van der Waals surface area (Å²) < 4.78 is 4.97. The first-order chi connectivity index (χ1) is 11.1. The van der Waals surface area contributed by atoms with Crippen molar-refractivity contribution in [3.8, 4) is 0 Å². The molecule has 122 valence electrons. The molecule has 1 aromatic heterocycles. The van der Waals surface area contributed by atoms with Crippen molar-refractivity contribution in [1.82, 2.24) is 15.5 Å². The first-order valence-electron chi connectivity index (χ1n) is 7.16. The molecule has 0 aliphatic rings. The van der Waals surface area contributed by atoms with Crippen LogP contribution in [0.15, 0.2) is 30.3 Å². The number of anilines is 1. The molecule has 0 saturated heterocycles. The number of carbonyl (C=O) groups excluding carboxylic acids is 2. The van der Waals surface area contributed by atoms with Gasteiger partial charge in [-0.1, -0.05) is 41.7 Å². The van der Waals surface area contributed by atoms with E-state index in [9.17, 15) is 9.59 Å². The standard InChI is InChI=1S/C15H18N4O3S/c1-3-22-13(20)9-12(11-7-5-4-6-8-11)16-14(21)17-15-19-18-10(2)23-15/h4-8,12H,3,9H2,1-2H3,(H2,16,17,19,21). The van der Waals surface area contributed by atoms with Crippen molar-refractivity contribution >= 4 is 28.5 Å². The molecule has 1 atom stereocenters. The Morgan fingerprint density at radius 1 is 1.26 bits per heavy atom. The van der Waals surface area contributed by atoms with Crippen molar-refractivity contribution in [1.29, 1.82) is 0 Å². The number of urea groups is 1. The largest absolute Gasteiger partial charge is 0.466 e. The molecule has 1 heterocycles. The van der Waals surface area contributed by atoms with Gasteiger partial charge in [0.1, 0.15) is 5.01 Å². The van der Waals surface area contributed by atoms with Gasteiger partial charge in [0.25, 0.3) is 0 Å².